The largest absolute Gasteiger partial charge is 0.481 e. The number of benzene rings is 4. The summed E-state index contributed by atoms with van der Waals surface area (Å²) in [6.45, 7) is -0.463. The zero-order valence-electron chi connectivity index (χ0n) is 20.0. The van der Waals surface area contributed by atoms with Crippen molar-refractivity contribution >= 4 is 84.1 Å². The fraction of sp³-hybridized carbons (Fsp3) is 0.217. The fourth-order valence-corrected chi connectivity index (χ4v) is 6.71. The quantitative estimate of drug-likeness (QED) is 0.0690. The van der Waals surface area contributed by atoms with Crippen LogP contribution in [-0.2, 0) is 43.2 Å². The van der Waals surface area contributed by atoms with E-state index in [-0.39, 0.29) is 36.5 Å². The average molecular weight is 614 g/mol. The lowest BCUT2D eigenvalue weighted by atomic mass is 9.92. The Kier molecular flexibility index (Phi) is 8.32. The van der Waals surface area contributed by atoms with Crippen molar-refractivity contribution < 1.29 is 61.7 Å². The molecule has 1 aliphatic rings. The molecule has 14 nitrogen and oxygen atoms in total. The molecule has 0 bridgehead atoms. The summed E-state index contributed by atoms with van der Waals surface area (Å²) in [4.78, 5) is 26.2. The first-order chi connectivity index (χ1) is 19.2. The highest BCUT2D eigenvalue weighted by molar-refractivity contribution is 7.95. The van der Waals surface area contributed by atoms with Gasteiger partial charge >= 0.3 is 5.97 Å². The van der Waals surface area contributed by atoms with Crippen LogP contribution < -0.4 is 4.90 Å². The lowest BCUT2D eigenvalue weighted by molar-refractivity contribution is -0.432. The third-order valence-electron chi connectivity index (χ3n) is 6.54. The first kappa shape index (κ1) is 28.7. The van der Waals surface area contributed by atoms with Gasteiger partial charge in [0.2, 0.25) is 0 Å². The minimum Gasteiger partial charge on any atom is -0.481 e. The van der Waals surface area contributed by atoms with E-state index in [0.29, 0.717) is 61.6 Å². The van der Waals surface area contributed by atoms with Gasteiger partial charge in [-0.2, -0.15) is 8.42 Å². The van der Waals surface area contributed by atoms with Crippen molar-refractivity contribution in [2.45, 2.75) is 21.1 Å². The van der Waals surface area contributed by atoms with E-state index in [0.717, 1.165) is 6.07 Å². The Hall–Kier alpha value is -2.81. The van der Waals surface area contributed by atoms with E-state index in [1.165, 1.54) is 11.0 Å². The maximum Gasteiger partial charge on any atom is 0.308 e. The van der Waals surface area contributed by atoms with Crippen molar-refractivity contribution in [2.24, 2.45) is 5.92 Å². The lowest BCUT2D eigenvalue weighted by Gasteiger charge is -2.29. The van der Waals surface area contributed by atoms with Crippen molar-refractivity contribution in [3.05, 3.63) is 36.4 Å². The normalized spacial score (nSPS) is 17.1. The molecule has 0 aromatic heterocycles. The molecule has 0 aliphatic carbocycles. The van der Waals surface area contributed by atoms with Crippen molar-refractivity contribution in [1.82, 2.24) is 0 Å². The number of hydrogen-bond donors (Lipinski definition) is 4. The third-order valence-corrected chi connectivity index (χ3v) is 8.72. The van der Waals surface area contributed by atoms with Crippen LogP contribution in [0.1, 0.15) is 6.42 Å². The Bertz CT molecular complexity index is 1710. The molecule has 5 rings (SSSR count). The van der Waals surface area contributed by atoms with Crippen LogP contribution in [0.2, 0.25) is 0 Å². The molecule has 1 atom stereocenters. The molecule has 17 heteroatoms. The zero-order valence-corrected chi connectivity index (χ0v) is 22.5. The van der Waals surface area contributed by atoms with Gasteiger partial charge in [0.05, 0.1) is 42.3 Å². The highest BCUT2D eigenvalue weighted by Gasteiger charge is 2.29. The molecule has 1 unspecified atom stereocenters. The van der Waals surface area contributed by atoms with Gasteiger partial charge in [0.1, 0.15) is 11.5 Å². The number of hydrogen-bond acceptors (Lipinski definition) is 13. The van der Waals surface area contributed by atoms with Crippen molar-refractivity contribution in [3.63, 3.8) is 0 Å². The van der Waals surface area contributed by atoms with Crippen LogP contribution in [0.4, 0.5) is 5.69 Å². The second-order valence-electron chi connectivity index (χ2n) is 8.65. The first-order valence-electron chi connectivity index (χ1n) is 11.3. The Morgan fingerprint density at radius 1 is 0.950 bits per heavy atom. The predicted molar refractivity (Wildman–Crippen MR) is 140 cm³/mol. The standard InChI is InChI=1S/C23H19NO13S3/c25-20-10-33-9-11(23(26)27)5-6-24(20)16-7-17(38-36-34-28)13-2-3-14-18(39-37-35-29)8-19(40(30,31)32)15-4-1-12(16)21(13)22(14)15/h1-4,7-8,11,28-29H,5-6,9-10H2,(H,26,27)(H,30,31,32). The molecule has 1 aliphatic heterocycles. The molecule has 0 saturated carbocycles. The number of carboxylic acid groups (broad SMARTS) is 1. The average Bonchev–Trinajstić information content (AvgIpc) is 2.91. The number of amides is 1. The SMILES string of the molecule is O=C(O)C1CCN(c2cc(SOOO)c3ccc4c(SOOO)cc(S(=O)(=O)O)c5ccc2c3c45)C(=O)COC1. The summed E-state index contributed by atoms with van der Waals surface area (Å²) in [5.41, 5.74) is 0.326. The number of ether oxygens (including phenoxy) is 1. The number of nitrogens with zero attached hydrogens (tertiary/aromatic N) is 1. The number of aliphatic carboxylic acids is 1. The van der Waals surface area contributed by atoms with Gasteiger partial charge in [-0.25, -0.2) is 10.5 Å². The lowest BCUT2D eigenvalue weighted by Crippen LogP contribution is -2.40. The second-order valence-corrected chi connectivity index (χ2v) is 11.5. The van der Waals surface area contributed by atoms with Crippen LogP contribution in [0.15, 0.2) is 51.1 Å². The topological polar surface area (TPSA) is 199 Å². The van der Waals surface area contributed by atoms with Gasteiger partial charge in [-0.1, -0.05) is 34.3 Å². The van der Waals surface area contributed by atoms with Crippen LogP contribution in [0, 0.1) is 5.92 Å². The van der Waals surface area contributed by atoms with Gasteiger partial charge in [-0.05, 0) is 29.3 Å². The number of carbonyl (C=O) groups is 2. The molecule has 4 N–H and O–H groups in total. The Morgan fingerprint density at radius 2 is 1.52 bits per heavy atom. The molecule has 1 heterocycles. The van der Waals surface area contributed by atoms with Crippen molar-refractivity contribution in [2.75, 3.05) is 24.7 Å². The summed E-state index contributed by atoms with van der Waals surface area (Å²) in [6, 6.07) is 9.10. The van der Waals surface area contributed by atoms with Gasteiger partial charge in [0.15, 0.2) is 0 Å². The Labute approximate surface area is 233 Å². The molecule has 0 spiro atoms. The Balaban J connectivity index is 1.84. The van der Waals surface area contributed by atoms with E-state index in [1.807, 2.05) is 0 Å². The predicted octanol–water partition coefficient (Wildman–Crippen LogP) is 4.14. The Morgan fingerprint density at radius 3 is 2.12 bits per heavy atom. The van der Waals surface area contributed by atoms with Crippen LogP contribution in [-0.4, -0.2) is 60.2 Å². The molecule has 1 fully saturated rings. The van der Waals surface area contributed by atoms with E-state index >= 15 is 0 Å². The molecular weight excluding hydrogens is 594 g/mol. The second kappa shape index (κ2) is 11.6. The minimum absolute atomic E-state index is 0.0314. The maximum atomic E-state index is 13.2. The number of anilines is 1. The monoisotopic (exact) mass is 613 g/mol. The van der Waals surface area contributed by atoms with E-state index in [4.69, 9.17) is 15.3 Å². The first-order valence-corrected chi connectivity index (χ1v) is 14.2. The number of rotatable bonds is 9. The molecule has 1 saturated heterocycles. The fourth-order valence-electron chi connectivity index (χ4n) is 4.87. The van der Waals surface area contributed by atoms with Gasteiger partial charge in [-0.15, -0.1) is 8.67 Å². The van der Waals surface area contributed by atoms with Crippen molar-refractivity contribution in [1.29, 1.82) is 0 Å². The van der Waals surface area contributed by atoms with E-state index < -0.39 is 32.8 Å². The number of carboxylic acids is 1. The van der Waals surface area contributed by atoms with Gasteiger partial charge < -0.3 is 14.7 Å². The summed E-state index contributed by atoms with van der Waals surface area (Å²) in [6.07, 6.45) is 0.0912. The zero-order chi connectivity index (χ0) is 28.6. The van der Waals surface area contributed by atoms with Crippen LogP contribution >= 0.6 is 24.1 Å². The molecule has 1 amide bonds. The molecule has 0 radical (unpaired) electrons. The molecule has 4 aromatic carbocycles. The highest BCUT2D eigenvalue weighted by atomic mass is 32.2. The number of carbonyl (C=O) groups excluding carboxylic acids is 1. The summed E-state index contributed by atoms with van der Waals surface area (Å²) in [5.74, 6) is -2.36. The highest BCUT2D eigenvalue weighted by Crippen LogP contribution is 2.47. The maximum absolute atomic E-state index is 13.2. The summed E-state index contributed by atoms with van der Waals surface area (Å²) in [5, 5.41) is 36.8. The summed E-state index contributed by atoms with van der Waals surface area (Å²) in [7, 11) is -4.75. The molecule has 212 valence electrons. The van der Waals surface area contributed by atoms with E-state index in [9.17, 15) is 27.7 Å². The van der Waals surface area contributed by atoms with E-state index in [1.54, 1.807) is 24.3 Å². The smallest absolute Gasteiger partial charge is 0.308 e. The molecular formula is C23H19NO13S3. The summed E-state index contributed by atoms with van der Waals surface area (Å²) < 4.78 is 49.3. The van der Waals surface area contributed by atoms with Crippen LogP contribution in [0.3, 0.4) is 0 Å². The van der Waals surface area contributed by atoms with Gasteiger partial charge in [-0.3, -0.25) is 14.1 Å². The van der Waals surface area contributed by atoms with Crippen LogP contribution in [0.5, 0.6) is 0 Å². The minimum atomic E-state index is -4.75. The van der Waals surface area contributed by atoms with Gasteiger partial charge in [0, 0.05) is 37.9 Å². The van der Waals surface area contributed by atoms with Crippen molar-refractivity contribution in [3.8, 4) is 0 Å². The van der Waals surface area contributed by atoms with Gasteiger partial charge in [0.25, 0.3) is 16.0 Å². The van der Waals surface area contributed by atoms with Crippen LogP contribution in [0.25, 0.3) is 32.3 Å². The molecule has 4 aromatic rings. The summed E-state index contributed by atoms with van der Waals surface area (Å²) >= 11 is 1.10. The molecule has 40 heavy (non-hydrogen) atoms. The van der Waals surface area contributed by atoms with E-state index in [2.05, 4.69) is 18.7 Å². The third kappa shape index (κ3) is 5.29.